The fraction of sp³-hybridized carbons (Fsp3) is 0.0741. The van der Waals surface area contributed by atoms with Crippen LogP contribution in [-0.2, 0) is 10.0 Å². The maximum absolute atomic E-state index is 12.8. The van der Waals surface area contributed by atoms with Crippen molar-refractivity contribution < 1.29 is 17.7 Å². The van der Waals surface area contributed by atoms with Crippen LogP contribution in [-0.4, -0.2) is 25.7 Å². The molecule has 1 N–H and O–H groups in total. The minimum absolute atomic E-state index is 0.0522. The predicted octanol–water partition coefficient (Wildman–Crippen LogP) is 6.20. The number of sulfonamides is 1. The van der Waals surface area contributed by atoms with E-state index in [1.165, 1.54) is 18.4 Å². The lowest BCUT2D eigenvalue weighted by atomic mass is 9.94. The highest BCUT2D eigenvalue weighted by molar-refractivity contribution is 7.92. The van der Waals surface area contributed by atoms with Crippen molar-refractivity contribution in [2.24, 2.45) is 0 Å². The molecule has 0 amide bonds. The molecule has 37 heavy (non-hydrogen) atoms. The summed E-state index contributed by atoms with van der Waals surface area (Å²) in [6.07, 6.45) is 2.86. The summed E-state index contributed by atoms with van der Waals surface area (Å²) >= 11 is 6.33. The van der Waals surface area contributed by atoms with Crippen molar-refractivity contribution >= 4 is 38.2 Å². The van der Waals surface area contributed by atoms with Crippen LogP contribution in [0.4, 0.5) is 5.82 Å². The highest BCUT2D eigenvalue weighted by Crippen LogP contribution is 2.39. The van der Waals surface area contributed by atoms with E-state index in [0.29, 0.717) is 43.9 Å². The van der Waals surface area contributed by atoms with Gasteiger partial charge in [-0.1, -0.05) is 35.0 Å². The van der Waals surface area contributed by atoms with Crippen LogP contribution >= 0.6 is 11.6 Å². The zero-order chi connectivity index (χ0) is 26.2. The van der Waals surface area contributed by atoms with Crippen LogP contribution in [0.5, 0.6) is 5.75 Å². The summed E-state index contributed by atoms with van der Waals surface area (Å²) < 4.78 is 38.4. The van der Waals surface area contributed by atoms with E-state index in [2.05, 4.69) is 20.9 Å². The highest BCUT2D eigenvalue weighted by atomic mass is 35.5. The molecule has 0 atom stereocenters. The first-order valence-electron chi connectivity index (χ1n) is 11.0. The zero-order valence-electron chi connectivity index (χ0n) is 19.7. The molecule has 0 radical (unpaired) electrons. The average molecular weight is 531 g/mol. The normalized spacial score (nSPS) is 11.3. The minimum atomic E-state index is -3.89. The predicted molar refractivity (Wildman–Crippen MR) is 141 cm³/mol. The Balaban J connectivity index is 1.63. The first-order valence-corrected chi connectivity index (χ1v) is 12.9. The van der Waals surface area contributed by atoms with Gasteiger partial charge in [-0.3, -0.25) is 9.71 Å². The highest BCUT2D eigenvalue weighted by Gasteiger charge is 2.20. The Hall–Kier alpha value is -4.39. The number of pyridine rings is 1. The molecule has 2 heterocycles. The van der Waals surface area contributed by atoms with E-state index in [9.17, 15) is 13.7 Å². The molecule has 0 bridgehead atoms. The van der Waals surface area contributed by atoms with E-state index < -0.39 is 10.0 Å². The Morgan fingerprint density at radius 1 is 1.05 bits per heavy atom. The van der Waals surface area contributed by atoms with Gasteiger partial charge in [0.05, 0.1) is 29.3 Å². The van der Waals surface area contributed by atoms with Crippen molar-refractivity contribution in [3.63, 3.8) is 0 Å². The third kappa shape index (κ3) is 4.60. The van der Waals surface area contributed by atoms with E-state index in [4.69, 9.17) is 20.9 Å². The van der Waals surface area contributed by atoms with Crippen molar-refractivity contribution in [2.45, 2.75) is 11.8 Å². The van der Waals surface area contributed by atoms with Gasteiger partial charge in [0, 0.05) is 33.8 Å². The average Bonchev–Trinajstić information content (AvgIpc) is 3.41. The zero-order valence-corrected chi connectivity index (χ0v) is 21.3. The number of methoxy groups -OCH3 is 1. The van der Waals surface area contributed by atoms with Crippen LogP contribution in [0.1, 0.15) is 11.1 Å². The number of aromatic nitrogens is 2. The number of rotatable bonds is 6. The monoisotopic (exact) mass is 530 g/mol. The van der Waals surface area contributed by atoms with E-state index in [1.807, 2.05) is 25.1 Å². The molecule has 3 aromatic carbocycles. The molecule has 0 saturated heterocycles. The van der Waals surface area contributed by atoms with Gasteiger partial charge in [-0.25, -0.2) is 8.42 Å². The summed E-state index contributed by atoms with van der Waals surface area (Å²) in [5, 5.41) is 15.5. The molecular weight excluding hydrogens is 512 g/mol. The Labute approximate surface area is 218 Å². The number of hydrogen-bond acceptors (Lipinski definition) is 7. The van der Waals surface area contributed by atoms with Gasteiger partial charge < -0.3 is 9.26 Å². The summed E-state index contributed by atoms with van der Waals surface area (Å²) in [6, 6.07) is 19.2. The molecule has 0 fully saturated rings. The second-order valence-corrected chi connectivity index (χ2v) is 10.3. The van der Waals surface area contributed by atoms with Gasteiger partial charge in [-0.05, 0) is 59.8 Å². The van der Waals surface area contributed by atoms with E-state index in [0.717, 1.165) is 11.1 Å². The number of ether oxygens (including phenoxy) is 1. The number of halogens is 1. The fourth-order valence-electron chi connectivity index (χ4n) is 4.03. The quantitative estimate of drug-likeness (QED) is 0.277. The van der Waals surface area contributed by atoms with Crippen LogP contribution in [0.2, 0.25) is 5.02 Å². The Bertz CT molecular complexity index is 1800. The SMILES string of the molecule is COc1cc(-c2ccc(C)c(Cl)c2)c(C#N)cc1-c1nccc2cc(S(=O)(=O)Nc3ccon3)ccc12. The molecule has 5 aromatic rings. The minimum Gasteiger partial charge on any atom is -0.496 e. The number of nitrogens with zero attached hydrogens (tertiary/aromatic N) is 3. The van der Waals surface area contributed by atoms with Gasteiger partial charge in [0.1, 0.15) is 12.0 Å². The van der Waals surface area contributed by atoms with Gasteiger partial charge >= 0.3 is 0 Å². The molecule has 0 saturated carbocycles. The topological polar surface area (TPSA) is 118 Å². The number of anilines is 1. The third-order valence-corrected chi connectivity index (χ3v) is 7.68. The molecular formula is C27H19ClN4O4S. The Morgan fingerprint density at radius 2 is 1.89 bits per heavy atom. The van der Waals surface area contributed by atoms with Crippen molar-refractivity contribution in [1.82, 2.24) is 10.1 Å². The molecule has 2 aromatic heterocycles. The molecule has 184 valence electrons. The van der Waals surface area contributed by atoms with Crippen molar-refractivity contribution in [1.29, 1.82) is 5.26 Å². The Morgan fingerprint density at radius 3 is 2.59 bits per heavy atom. The van der Waals surface area contributed by atoms with Gasteiger partial charge in [0.15, 0.2) is 5.82 Å². The number of nitriles is 1. The van der Waals surface area contributed by atoms with E-state index in [-0.39, 0.29) is 10.7 Å². The molecule has 0 unspecified atom stereocenters. The molecule has 10 heteroatoms. The molecule has 5 rings (SSSR count). The van der Waals surface area contributed by atoms with Crippen molar-refractivity contribution in [3.8, 4) is 34.2 Å². The summed E-state index contributed by atoms with van der Waals surface area (Å²) in [6.45, 7) is 1.91. The van der Waals surface area contributed by atoms with Crippen molar-refractivity contribution in [2.75, 3.05) is 11.8 Å². The molecule has 0 aliphatic rings. The molecule has 0 aliphatic carbocycles. The lowest BCUT2D eigenvalue weighted by molar-refractivity contribution is 0.416. The number of benzene rings is 3. The van der Waals surface area contributed by atoms with E-state index >= 15 is 0 Å². The lowest BCUT2D eigenvalue weighted by Crippen LogP contribution is -2.13. The Kier molecular flexibility index (Phi) is 6.29. The van der Waals surface area contributed by atoms with Crippen molar-refractivity contribution in [3.05, 3.63) is 89.3 Å². The largest absolute Gasteiger partial charge is 0.496 e. The third-order valence-electron chi connectivity index (χ3n) is 5.92. The first-order chi connectivity index (χ1) is 17.8. The van der Waals surface area contributed by atoms with E-state index in [1.54, 1.807) is 43.6 Å². The summed E-state index contributed by atoms with van der Waals surface area (Å²) in [4.78, 5) is 4.60. The second-order valence-electron chi connectivity index (χ2n) is 8.21. The molecule has 0 spiro atoms. The fourth-order valence-corrected chi connectivity index (χ4v) is 5.23. The van der Waals surface area contributed by atoms with Crippen LogP contribution in [0, 0.1) is 18.3 Å². The van der Waals surface area contributed by atoms with Crippen LogP contribution < -0.4 is 9.46 Å². The molecule has 8 nitrogen and oxygen atoms in total. The molecule has 0 aliphatic heterocycles. The van der Waals surface area contributed by atoms with Gasteiger partial charge in [0.25, 0.3) is 10.0 Å². The summed E-state index contributed by atoms with van der Waals surface area (Å²) in [7, 11) is -2.35. The van der Waals surface area contributed by atoms with Gasteiger partial charge in [-0.2, -0.15) is 5.26 Å². The van der Waals surface area contributed by atoms with Crippen LogP contribution in [0.15, 0.2) is 82.5 Å². The first kappa shape index (κ1) is 24.3. The lowest BCUT2D eigenvalue weighted by Gasteiger charge is -2.15. The smallest absolute Gasteiger partial charge is 0.263 e. The van der Waals surface area contributed by atoms with Crippen LogP contribution in [0.25, 0.3) is 33.2 Å². The summed E-state index contributed by atoms with van der Waals surface area (Å²) in [5.74, 6) is 0.592. The standard InChI is InChI=1S/C27H19ClN4O4S/c1-16-3-4-17(13-24(16)28)22-14-25(35-2)23(12-19(22)15-29)27-21-6-5-20(11-18(21)7-9-30-27)37(33,34)32-26-8-10-36-31-26/h3-14H,1-2H3,(H,31,32). The number of hydrogen-bond donors (Lipinski definition) is 1. The maximum atomic E-state index is 12.8. The number of fused-ring (bicyclic) bond motifs is 1. The maximum Gasteiger partial charge on any atom is 0.263 e. The van der Waals surface area contributed by atoms with Gasteiger partial charge in [0.2, 0.25) is 0 Å². The summed E-state index contributed by atoms with van der Waals surface area (Å²) in [5.41, 5.74) is 3.97. The number of aryl methyl sites for hydroxylation is 1. The van der Waals surface area contributed by atoms with Gasteiger partial charge in [-0.15, -0.1) is 0 Å². The van der Waals surface area contributed by atoms with Crippen LogP contribution in [0.3, 0.4) is 0 Å². The number of nitrogens with one attached hydrogen (secondary N) is 1. The second kappa shape index (κ2) is 9.58.